The number of benzene rings is 1. The summed E-state index contributed by atoms with van der Waals surface area (Å²) in [6.45, 7) is 0.110. The Bertz CT molecular complexity index is 346. The number of carbonyl (C=O) groups is 1. The summed E-state index contributed by atoms with van der Waals surface area (Å²) in [5.74, 6) is -1.29. The monoisotopic (exact) mass is 210 g/mol. The molecule has 3 N–H and O–H groups in total. The van der Waals surface area contributed by atoms with Gasteiger partial charge in [-0.25, -0.2) is 4.79 Å². The van der Waals surface area contributed by atoms with Gasteiger partial charge in [0.2, 0.25) is 0 Å². The highest BCUT2D eigenvalue weighted by molar-refractivity contribution is 5.91. The number of aryl methyl sites for hydroxylation is 1. The van der Waals surface area contributed by atoms with Crippen molar-refractivity contribution >= 4 is 5.97 Å². The lowest BCUT2D eigenvalue weighted by atomic mass is 10.0. The first kappa shape index (κ1) is 11.5. The van der Waals surface area contributed by atoms with Gasteiger partial charge < -0.3 is 15.3 Å². The van der Waals surface area contributed by atoms with Gasteiger partial charge in [0.05, 0.1) is 0 Å². The summed E-state index contributed by atoms with van der Waals surface area (Å²) in [5, 5.41) is 27.0. The molecule has 1 aromatic rings. The number of carboxylic acid groups (broad SMARTS) is 1. The number of aromatic carboxylic acids is 1. The molecule has 0 radical (unpaired) electrons. The summed E-state index contributed by atoms with van der Waals surface area (Å²) in [5.41, 5.74) is 0.542. The fourth-order valence-electron chi connectivity index (χ4n) is 1.39. The minimum absolute atomic E-state index is 0.0727. The average Bonchev–Trinajstić information content (AvgIpc) is 2.20. The van der Waals surface area contributed by atoms with Crippen LogP contribution in [0, 0.1) is 0 Å². The van der Waals surface area contributed by atoms with Gasteiger partial charge in [0.1, 0.15) is 11.3 Å². The van der Waals surface area contributed by atoms with Crippen LogP contribution in [0.1, 0.15) is 28.8 Å². The summed E-state index contributed by atoms with van der Waals surface area (Å²) in [7, 11) is 0. The Labute approximate surface area is 87.8 Å². The van der Waals surface area contributed by atoms with E-state index in [2.05, 4.69) is 0 Å². The normalized spacial score (nSPS) is 10.2. The molecule has 0 bridgehead atoms. The van der Waals surface area contributed by atoms with Crippen LogP contribution in [0.15, 0.2) is 18.2 Å². The van der Waals surface area contributed by atoms with E-state index in [0.717, 1.165) is 6.42 Å². The first-order valence-electron chi connectivity index (χ1n) is 4.82. The topological polar surface area (TPSA) is 77.8 Å². The zero-order valence-electron chi connectivity index (χ0n) is 8.31. The first-order chi connectivity index (χ1) is 7.16. The van der Waals surface area contributed by atoms with E-state index in [1.165, 1.54) is 6.07 Å². The average molecular weight is 210 g/mol. The number of hydrogen-bond donors (Lipinski definition) is 3. The molecule has 82 valence electrons. The molecule has 0 spiro atoms. The highest BCUT2D eigenvalue weighted by atomic mass is 16.4. The van der Waals surface area contributed by atoms with Crippen LogP contribution in [-0.2, 0) is 6.42 Å². The van der Waals surface area contributed by atoms with E-state index in [4.69, 9.17) is 10.2 Å². The highest BCUT2D eigenvalue weighted by Crippen LogP contribution is 2.23. The van der Waals surface area contributed by atoms with E-state index < -0.39 is 5.97 Å². The summed E-state index contributed by atoms with van der Waals surface area (Å²) >= 11 is 0. The van der Waals surface area contributed by atoms with Gasteiger partial charge in [-0.1, -0.05) is 12.1 Å². The Balaban J connectivity index is 2.80. The predicted molar refractivity (Wildman–Crippen MR) is 55.1 cm³/mol. The van der Waals surface area contributed by atoms with Crippen LogP contribution >= 0.6 is 0 Å². The smallest absolute Gasteiger partial charge is 0.339 e. The number of hydrogen-bond acceptors (Lipinski definition) is 3. The molecule has 1 aromatic carbocycles. The van der Waals surface area contributed by atoms with Crippen LogP contribution < -0.4 is 0 Å². The van der Waals surface area contributed by atoms with Gasteiger partial charge in [-0.3, -0.25) is 0 Å². The van der Waals surface area contributed by atoms with Gasteiger partial charge in [-0.15, -0.1) is 0 Å². The number of aliphatic hydroxyl groups is 1. The van der Waals surface area contributed by atoms with E-state index >= 15 is 0 Å². The molecular weight excluding hydrogens is 196 g/mol. The van der Waals surface area contributed by atoms with Crippen molar-refractivity contribution in [2.75, 3.05) is 6.61 Å². The third kappa shape index (κ3) is 2.95. The molecule has 0 aromatic heterocycles. The van der Waals surface area contributed by atoms with Crippen molar-refractivity contribution in [2.45, 2.75) is 19.3 Å². The molecule has 0 atom stereocenters. The molecule has 0 unspecified atom stereocenters. The Hall–Kier alpha value is -1.55. The Morgan fingerprint density at radius 2 is 2.00 bits per heavy atom. The van der Waals surface area contributed by atoms with Crippen LogP contribution in [0.4, 0.5) is 0 Å². The van der Waals surface area contributed by atoms with Crippen molar-refractivity contribution in [3.05, 3.63) is 29.3 Å². The largest absolute Gasteiger partial charge is 0.507 e. The zero-order valence-corrected chi connectivity index (χ0v) is 8.31. The second-order valence-corrected chi connectivity index (χ2v) is 3.30. The third-order valence-electron chi connectivity index (χ3n) is 2.20. The quantitative estimate of drug-likeness (QED) is 0.642. The van der Waals surface area contributed by atoms with Crippen LogP contribution in [0.25, 0.3) is 0 Å². The van der Waals surface area contributed by atoms with E-state index in [9.17, 15) is 9.90 Å². The number of aliphatic hydroxyl groups excluding tert-OH is 1. The van der Waals surface area contributed by atoms with Gasteiger partial charge in [-0.05, 0) is 30.9 Å². The van der Waals surface area contributed by atoms with Crippen molar-refractivity contribution in [3.8, 4) is 5.75 Å². The Morgan fingerprint density at radius 1 is 1.27 bits per heavy atom. The number of carboxylic acids is 1. The Morgan fingerprint density at radius 3 is 2.60 bits per heavy atom. The van der Waals surface area contributed by atoms with Crippen molar-refractivity contribution in [1.82, 2.24) is 0 Å². The number of unbranched alkanes of at least 4 members (excludes halogenated alkanes) is 1. The van der Waals surface area contributed by atoms with Crippen LogP contribution in [0.2, 0.25) is 0 Å². The standard InChI is InChI=1S/C11H14O4/c12-7-2-1-4-8-5-3-6-9(10(8)13)11(14)15/h3,5-6,12-13H,1-2,4,7H2,(H,14,15). The molecule has 0 saturated heterocycles. The second-order valence-electron chi connectivity index (χ2n) is 3.30. The number of aromatic hydroxyl groups is 1. The number of phenols is 1. The molecule has 4 nitrogen and oxygen atoms in total. The maximum atomic E-state index is 10.7. The molecule has 0 fully saturated rings. The molecule has 0 aliphatic heterocycles. The van der Waals surface area contributed by atoms with Crippen LogP contribution in [0.3, 0.4) is 0 Å². The predicted octanol–water partition coefficient (Wildman–Crippen LogP) is 1.41. The number of para-hydroxylation sites is 1. The molecule has 15 heavy (non-hydrogen) atoms. The van der Waals surface area contributed by atoms with Crippen molar-refractivity contribution in [2.24, 2.45) is 0 Å². The molecular formula is C11H14O4. The Kier molecular flexibility index (Phi) is 4.12. The zero-order chi connectivity index (χ0) is 11.3. The van der Waals surface area contributed by atoms with Crippen molar-refractivity contribution < 1.29 is 20.1 Å². The second kappa shape index (κ2) is 5.36. The van der Waals surface area contributed by atoms with E-state index in [0.29, 0.717) is 18.4 Å². The molecule has 1 rings (SSSR count). The maximum absolute atomic E-state index is 10.7. The van der Waals surface area contributed by atoms with Gasteiger partial charge >= 0.3 is 5.97 Å². The van der Waals surface area contributed by atoms with Gasteiger partial charge in [0.15, 0.2) is 0 Å². The summed E-state index contributed by atoms with van der Waals surface area (Å²) < 4.78 is 0. The lowest BCUT2D eigenvalue weighted by Gasteiger charge is -2.06. The van der Waals surface area contributed by atoms with Gasteiger partial charge in [0.25, 0.3) is 0 Å². The molecule has 0 aliphatic rings. The third-order valence-corrected chi connectivity index (χ3v) is 2.20. The van der Waals surface area contributed by atoms with Crippen LogP contribution in [-0.4, -0.2) is 27.9 Å². The molecule has 4 heteroatoms. The van der Waals surface area contributed by atoms with E-state index in [1.54, 1.807) is 12.1 Å². The highest BCUT2D eigenvalue weighted by Gasteiger charge is 2.12. The SMILES string of the molecule is O=C(O)c1cccc(CCCCO)c1O. The molecule has 0 aliphatic carbocycles. The maximum Gasteiger partial charge on any atom is 0.339 e. The summed E-state index contributed by atoms with van der Waals surface area (Å²) in [6.07, 6.45) is 1.96. The molecule has 0 saturated carbocycles. The van der Waals surface area contributed by atoms with Gasteiger partial charge in [0, 0.05) is 6.61 Å². The minimum Gasteiger partial charge on any atom is -0.507 e. The number of rotatable bonds is 5. The van der Waals surface area contributed by atoms with Crippen molar-refractivity contribution in [1.29, 1.82) is 0 Å². The fraction of sp³-hybridized carbons (Fsp3) is 0.364. The first-order valence-corrected chi connectivity index (χ1v) is 4.82. The minimum atomic E-state index is -1.13. The van der Waals surface area contributed by atoms with E-state index in [1.807, 2.05) is 0 Å². The van der Waals surface area contributed by atoms with E-state index in [-0.39, 0.29) is 17.9 Å². The lowest BCUT2D eigenvalue weighted by Crippen LogP contribution is -1.99. The fourth-order valence-corrected chi connectivity index (χ4v) is 1.39. The van der Waals surface area contributed by atoms with Gasteiger partial charge in [-0.2, -0.15) is 0 Å². The molecule has 0 amide bonds. The van der Waals surface area contributed by atoms with Crippen LogP contribution in [0.5, 0.6) is 5.75 Å². The molecule has 0 heterocycles. The summed E-state index contributed by atoms with van der Waals surface area (Å²) in [6, 6.07) is 4.67. The summed E-state index contributed by atoms with van der Waals surface area (Å²) in [4.78, 5) is 10.7. The lowest BCUT2D eigenvalue weighted by molar-refractivity contribution is 0.0693. The van der Waals surface area contributed by atoms with Crippen molar-refractivity contribution in [3.63, 3.8) is 0 Å².